The van der Waals surface area contributed by atoms with Gasteiger partial charge in [-0.05, 0) is 67.5 Å². The number of likely N-dealkylation sites (tertiary alicyclic amines) is 1. The third-order valence-corrected chi connectivity index (χ3v) is 5.66. The highest BCUT2D eigenvalue weighted by Crippen LogP contribution is 2.23. The zero-order valence-electron chi connectivity index (χ0n) is 15.4. The van der Waals surface area contributed by atoms with Crippen LogP contribution in [0.5, 0.6) is 0 Å². The Labute approximate surface area is 156 Å². The van der Waals surface area contributed by atoms with Crippen molar-refractivity contribution in [3.8, 4) is 0 Å². The van der Waals surface area contributed by atoms with E-state index in [0.29, 0.717) is 6.04 Å². The van der Waals surface area contributed by atoms with Gasteiger partial charge < -0.3 is 10.2 Å². The van der Waals surface area contributed by atoms with Crippen LogP contribution in [0, 0.1) is 0 Å². The van der Waals surface area contributed by atoms with Crippen LogP contribution in [-0.4, -0.2) is 29.9 Å². The van der Waals surface area contributed by atoms with Gasteiger partial charge in [0.2, 0.25) is 0 Å². The van der Waals surface area contributed by atoms with Crippen LogP contribution in [0.15, 0.2) is 48.5 Å². The average Bonchev–Trinajstić information content (AvgIpc) is 3.37. The van der Waals surface area contributed by atoms with E-state index in [1.165, 1.54) is 42.5 Å². The SMILES string of the molecule is O=C(c1cccc(Cc2ccc(NC3CCCC3)cc2)c1)N1CCCC1. The predicted molar refractivity (Wildman–Crippen MR) is 107 cm³/mol. The maximum Gasteiger partial charge on any atom is 0.253 e. The van der Waals surface area contributed by atoms with Crippen LogP contribution in [-0.2, 0) is 6.42 Å². The Kier molecular flexibility index (Phi) is 5.24. The molecule has 3 heteroatoms. The van der Waals surface area contributed by atoms with E-state index < -0.39 is 0 Å². The van der Waals surface area contributed by atoms with E-state index in [-0.39, 0.29) is 5.91 Å². The number of hydrogen-bond donors (Lipinski definition) is 1. The molecule has 136 valence electrons. The van der Waals surface area contributed by atoms with Gasteiger partial charge in [0.25, 0.3) is 5.91 Å². The van der Waals surface area contributed by atoms with E-state index in [0.717, 1.165) is 37.9 Å². The summed E-state index contributed by atoms with van der Waals surface area (Å²) in [5, 5.41) is 3.64. The Morgan fingerprint density at radius 3 is 2.38 bits per heavy atom. The molecule has 2 aromatic carbocycles. The summed E-state index contributed by atoms with van der Waals surface area (Å²) in [5.74, 6) is 0.181. The number of benzene rings is 2. The summed E-state index contributed by atoms with van der Waals surface area (Å²) >= 11 is 0. The van der Waals surface area contributed by atoms with Crippen molar-refractivity contribution < 1.29 is 4.79 Å². The van der Waals surface area contributed by atoms with Crippen LogP contribution < -0.4 is 5.32 Å². The largest absolute Gasteiger partial charge is 0.382 e. The van der Waals surface area contributed by atoms with E-state index in [9.17, 15) is 4.79 Å². The van der Waals surface area contributed by atoms with E-state index in [1.54, 1.807) is 0 Å². The van der Waals surface area contributed by atoms with Crippen LogP contribution in [0.4, 0.5) is 5.69 Å². The van der Waals surface area contributed by atoms with Crippen molar-refractivity contribution in [3.63, 3.8) is 0 Å². The molecule has 26 heavy (non-hydrogen) atoms. The van der Waals surface area contributed by atoms with E-state index in [1.807, 2.05) is 17.0 Å². The Morgan fingerprint density at radius 1 is 0.923 bits per heavy atom. The summed E-state index contributed by atoms with van der Waals surface area (Å²) in [5.41, 5.74) is 4.53. The number of carbonyl (C=O) groups excluding carboxylic acids is 1. The maximum absolute atomic E-state index is 12.6. The van der Waals surface area contributed by atoms with Gasteiger partial charge in [0.05, 0.1) is 0 Å². The standard InChI is InChI=1S/C23H28N2O/c26-23(25-14-3-4-15-25)20-7-5-6-19(17-20)16-18-10-12-22(13-11-18)24-21-8-1-2-9-21/h5-7,10-13,17,21,24H,1-4,8-9,14-16H2. The molecule has 4 rings (SSSR count). The Balaban J connectivity index is 1.40. The average molecular weight is 348 g/mol. The molecule has 0 aromatic heterocycles. The number of rotatable bonds is 5. The molecule has 2 aliphatic rings. The van der Waals surface area contributed by atoms with Crippen molar-refractivity contribution in [3.05, 3.63) is 65.2 Å². The minimum absolute atomic E-state index is 0.181. The second-order valence-corrected chi connectivity index (χ2v) is 7.70. The molecule has 0 bridgehead atoms. The monoisotopic (exact) mass is 348 g/mol. The third kappa shape index (κ3) is 4.09. The molecule has 0 unspecified atom stereocenters. The predicted octanol–water partition coefficient (Wildman–Crippen LogP) is 4.87. The second-order valence-electron chi connectivity index (χ2n) is 7.70. The fraction of sp³-hybridized carbons (Fsp3) is 0.435. The fourth-order valence-corrected chi connectivity index (χ4v) is 4.18. The van der Waals surface area contributed by atoms with Crippen molar-refractivity contribution in [2.24, 2.45) is 0 Å². The van der Waals surface area contributed by atoms with Crippen LogP contribution in [0.1, 0.15) is 60.0 Å². The zero-order valence-corrected chi connectivity index (χ0v) is 15.4. The van der Waals surface area contributed by atoms with E-state index in [4.69, 9.17) is 0 Å². The van der Waals surface area contributed by atoms with Crippen molar-refractivity contribution in [1.29, 1.82) is 0 Å². The molecule has 1 amide bonds. The zero-order chi connectivity index (χ0) is 17.8. The number of anilines is 1. The van der Waals surface area contributed by atoms with Gasteiger partial charge in [-0.15, -0.1) is 0 Å². The first-order chi connectivity index (χ1) is 12.8. The van der Waals surface area contributed by atoms with Gasteiger partial charge in [0, 0.05) is 30.4 Å². The summed E-state index contributed by atoms with van der Waals surface area (Å²) < 4.78 is 0. The van der Waals surface area contributed by atoms with Crippen LogP contribution in [0.3, 0.4) is 0 Å². The lowest BCUT2D eigenvalue weighted by atomic mass is 10.0. The van der Waals surface area contributed by atoms with Gasteiger partial charge in [-0.25, -0.2) is 0 Å². The van der Waals surface area contributed by atoms with Gasteiger partial charge in [0.1, 0.15) is 0 Å². The molecule has 1 aliphatic carbocycles. The lowest BCUT2D eigenvalue weighted by Crippen LogP contribution is -2.27. The number of hydrogen-bond acceptors (Lipinski definition) is 2. The molecular weight excluding hydrogens is 320 g/mol. The van der Waals surface area contributed by atoms with Crippen LogP contribution in [0.2, 0.25) is 0 Å². The van der Waals surface area contributed by atoms with E-state index >= 15 is 0 Å². The Hall–Kier alpha value is -2.29. The lowest BCUT2D eigenvalue weighted by Gasteiger charge is -2.16. The topological polar surface area (TPSA) is 32.3 Å². The first-order valence-electron chi connectivity index (χ1n) is 10.0. The van der Waals surface area contributed by atoms with Crippen LogP contribution >= 0.6 is 0 Å². The van der Waals surface area contributed by atoms with Crippen molar-refractivity contribution in [2.45, 2.75) is 51.0 Å². The lowest BCUT2D eigenvalue weighted by molar-refractivity contribution is 0.0792. The van der Waals surface area contributed by atoms with Gasteiger partial charge in [-0.2, -0.15) is 0 Å². The molecule has 2 fully saturated rings. The van der Waals surface area contributed by atoms with Crippen LogP contribution in [0.25, 0.3) is 0 Å². The summed E-state index contributed by atoms with van der Waals surface area (Å²) in [7, 11) is 0. The van der Waals surface area contributed by atoms with Crippen molar-refractivity contribution in [2.75, 3.05) is 18.4 Å². The third-order valence-electron chi connectivity index (χ3n) is 5.66. The molecule has 3 nitrogen and oxygen atoms in total. The normalized spacial score (nSPS) is 17.6. The maximum atomic E-state index is 12.6. The van der Waals surface area contributed by atoms with Gasteiger partial charge in [-0.3, -0.25) is 4.79 Å². The number of nitrogens with one attached hydrogen (secondary N) is 1. The van der Waals surface area contributed by atoms with Crippen molar-refractivity contribution in [1.82, 2.24) is 4.90 Å². The molecule has 1 saturated carbocycles. The number of nitrogens with zero attached hydrogens (tertiary/aromatic N) is 1. The Morgan fingerprint density at radius 2 is 1.65 bits per heavy atom. The summed E-state index contributed by atoms with van der Waals surface area (Å²) in [6.07, 6.45) is 8.41. The van der Waals surface area contributed by atoms with Gasteiger partial charge >= 0.3 is 0 Å². The van der Waals surface area contributed by atoms with Crippen molar-refractivity contribution >= 4 is 11.6 Å². The minimum atomic E-state index is 0.181. The molecule has 0 spiro atoms. The molecule has 1 saturated heterocycles. The summed E-state index contributed by atoms with van der Waals surface area (Å²) in [6.45, 7) is 1.80. The smallest absolute Gasteiger partial charge is 0.253 e. The molecule has 0 atom stereocenters. The summed E-state index contributed by atoms with van der Waals surface area (Å²) in [6, 6.07) is 17.6. The molecule has 0 radical (unpaired) electrons. The molecule has 1 N–H and O–H groups in total. The quantitative estimate of drug-likeness (QED) is 0.836. The molecular formula is C23H28N2O. The number of carbonyl (C=O) groups is 1. The first kappa shape index (κ1) is 17.1. The number of amides is 1. The second kappa shape index (κ2) is 7.94. The highest BCUT2D eigenvalue weighted by Gasteiger charge is 2.19. The molecule has 1 heterocycles. The summed E-state index contributed by atoms with van der Waals surface area (Å²) in [4.78, 5) is 14.6. The highest BCUT2D eigenvalue weighted by atomic mass is 16.2. The molecule has 1 aliphatic heterocycles. The van der Waals surface area contributed by atoms with Gasteiger partial charge in [0.15, 0.2) is 0 Å². The Bertz CT molecular complexity index is 741. The molecule has 2 aromatic rings. The fourth-order valence-electron chi connectivity index (χ4n) is 4.18. The minimum Gasteiger partial charge on any atom is -0.382 e. The van der Waals surface area contributed by atoms with E-state index in [2.05, 4.69) is 41.7 Å². The first-order valence-corrected chi connectivity index (χ1v) is 10.0. The van der Waals surface area contributed by atoms with Gasteiger partial charge in [-0.1, -0.05) is 37.1 Å². The highest BCUT2D eigenvalue weighted by molar-refractivity contribution is 5.94.